The molecule has 1 aliphatic rings. The second-order valence-electron chi connectivity index (χ2n) is 4.76. The maximum atomic E-state index is 13.4. The van der Waals surface area contributed by atoms with Gasteiger partial charge in [0.15, 0.2) is 11.6 Å². The van der Waals surface area contributed by atoms with Crippen LogP contribution in [-0.4, -0.2) is 46.0 Å². The average Bonchev–Trinajstić information content (AvgIpc) is 2.47. The van der Waals surface area contributed by atoms with Gasteiger partial charge in [-0.1, -0.05) is 0 Å². The van der Waals surface area contributed by atoms with Gasteiger partial charge in [0, 0.05) is 25.2 Å². The van der Waals surface area contributed by atoms with E-state index in [-0.39, 0.29) is 10.6 Å². The number of hydrogen-bond donors (Lipinski definition) is 1. The number of piperidine rings is 1. The molecule has 112 valence electrons. The van der Waals surface area contributed by atoms with Crippen molar-refractivity contribution in [2.45, 2.75) is 23.8 Å². The number of rotatable bonds is 4. The number of ether oxygens (including phenoxy) is 1. The fourth-order valence-corrected chi connectivity index (χ4v) is 3.82. The minimum absolute atomic E-state index is 0.0591. The lowest BCUT2D eigenvalue weighted by atomic mass is 10.1. The Bertz CT molecular complexity index is 569. The van der Waals surface area contributed by atoms with Crippen LogP contribution in [0.3, 0.4) is 0 Å². The topological polar surface area (TPSA) is 58.6 Å². The zero-order valence-electron chi connectivity index (χ0n) is 11.6. The summed E-state index contributed by atoms with van der Waals surface area (Å²) in [4.78, 5) is 0.0682. The summed E-state index contributed by atoms with van der Waals surface area (Å²) in [6.07, 6.45) is 1.54. The minimum Gasteiger partial charge on any atom is -0.494 e. The molecule has 0 amide bonds. The Morgan fingerprint density at radius 1 is 1.35 bits per heavy atom. The summed E-state index contributed by atoms with van der Waals surface area (Å²) in [5, 5.41) is 3.15. The third-order valence-corrected chi connectivity index (χ3v) is 5.52. The van der Waals surface area contributed by atoms with Crippen molar-refractivity contribution in [3.63, 3.8) is 0 Å². The van der Waals surface area contributed by atoms with Crippen LogP contribution in [0.1, 0.15) is 12.8 Å². The van der Waals surface area contributed by atoms with E-state index in [2.05, 4.69) is 5.32 Å². The molecule has 2 rings (SSSR count). The molecule has 7 heteroatoms. The van der Waals surface area contributed by atoms with Gasteiger partial charge in [-0.05, 0) is 32.0 Å². The molecule has 1 aromatic carbocycles. The van der Waals surface area contributed by atoms with E-state index in [0.717, 1.165) is 18.9 Å². The minimum atomic E-state index is -3.58. The first-order valence-corrected chi connectivity index (χ1v) is 7.94. The van der Waals surface area contributed by atoms with Crippen molar-refractivity contribution in [3.05, 3.63) is 24.0 Å². The Labute approximate surface area is 118 Å². The number of hydrogen-bond acceptors (Lipinski definition) is 4. The maximum absolute atomic E-state index is 13.4. The number of benzene rings is 1. The summed E-state index contributed by atoms with van der Waals surface area (Å²) in [7, 11) is -0.397. The zero-order chi connectivity index (χ0) is 14.8. The summed E-state index contributed by atoms with van der Waals surface area (Å²) < 4.78 is 44.6. The van der Waals surface area contributed by atoms with Crippen molar-refractivity contribution in [1.82, 2.24) is 9.62 Å². The summed E-state index contributed by atoms with van der Waals surface area (Å²) >= 11 is 0. The molecule has 0 aliphatic carbocycles. The van der Waals surface area contributed by atoms with Gasteiger partial charge >= 0.3 is 0 Å². The molecule has 0 unspecified atom stereocenters. The molecule has 20 heavy (non-hydrogen) atoms. The van der Waals surface area contributed by atoms with Crippen LogP contribution >= 0.6 is 0 Å². The van der Waals surface area contributed by atoms with E-state index in [1.165, 1.54) is 23.5 Å². The van der Waals surface area contributed by atoms with Gasteiger partial charge < -0.3 is 10.1 Å². The van der Waals surface area contributed by atoms with Crippen LogP contribution < -0.4 is 10.1 Å². The van der Waals surface area contributed by atoms with Crippen LogP contribution in [0.4, 0.5) is 4.39 Å². The molecule has 1 fully saturated rings. The van der Waals surface area contributed by atoms with Crippen LogP contribution in [0.25, 0.3) is 0 Å². The molecule has 0 bridgehead atoms. The summed E-state index contributed by atoms with van der Waals surface area (Å²) in [6, 6.07) is 3.97. The van der Waals surface area contributed by atoms with Crippen LogP contribution in [0.15, 0.2) is 23.1 Å². The smallest absolute Gasteiger partial charge is 0.243 e. The van der Waals surface area contributed by atoms with E-state index in [1.807, 2.05) is 7.05 Å². The molecule has 1 aliphatic heterocycles. The molecular formula is C13H19FN2O3S. The van der Waals surface area contributed by atoms with Gasteiger partial charge in [0.1, 0.15) is 0 Å². The Balaban J connectivity index is 2.22. The van der Waals surface area contributed by atoms with Crippen molar-refractivity contribution in [2.24, 2.45) is 0 Å². The van der Waals surface area contributed by atoms with Crippen LogP contribution in [0, 0.1) is 5.82 Å². The standard InChI is InChI=1S/C13H19FN2O3S/c1-15-10-5-7-16(8-6-10)20(17,18)11-3-4-12(14)13(9-11)19-2/h3-4,9-10,15H,5-8H2,1-2H3. The van der Waals surface area contributed by atoms with Gasteiger partial charge in [0.25, 0.3) is 0 Å². The fourth-order valence-electron chi connectivity index (χ4n) is 2.33. The van der Waals surface area contributed by atoms with Gasteiger partial charge in [-0.25, -0.2) is 12.8 Å². The van der Waals surface area contributed by atoms with E-state index in [0.29, 0.717) is 19.1 Å². The molecule has 0 atom stereocenters. The Morgan fingerprint density at radius 3 is 2.55 bits per heavy atom. The average molecular weight is 302 g/mol. The monoisotopic (exact) mass is 302 g/mol. The van der Waals surface area contributed by atoms with E-state index in [9.17, 15) is 12.8 Å². The van der Waals surface area contributed by atoms with Crippen LogP contribution in [0.2, 0.25) is 0 Å². The number of methoxy groups -OCH3 is 1. The van der Waals surface area contributed by atoms with E-state index < -0.39 is 15.8 Å². The molecule has 1 aromatic rings. The highest BCUT2D eigenvalue weighted by Crippen LogP contribution is 2.25. The molecule has 1 heterocycles. The van der Waals surface area contributed by atoms with Gasteiger partial charge in [0.2, 0.25) is 10.0 Å². The molecule has 1 saturated heterocycles. The number of nitrogens with zero attached hydrogens (tertiary/aromatic N) is 1. The molecule has 5 nitrogen and oxygen atoms in total. The normalized spacial score (nSPS) is 18.1. The first-order chi connectivity index (χ1) is 9.48. The van der Waals surface area contributed by atoms with E-state index in [4.69, 9.17) is 4.74 Å². The highest BCUT2D eigenvalue weighted by Gasteiger charge is 2.29. The number of nitrogens with one attached hydrogen (secondary N) is 1. The van der Waals surface area contributed by atoms with Gasteiger partial charge in [-0.3, -0.25) is 0 Å². The predicted molar refractivity (Wildman–Crippen MR) is 73.8 cm³/mol. The van der Waals surface area contributed by atoms with Gasteiger partial charge in [0.05, 0.1) is 12.0 Å². The first kappa shape index (κ1) is 15.2. The summed E-state index contributed by atoms with van der Waals surface area (Å²) in [5.74, 6) is -0.628. The molecule has 0 saturated carbocycles. The molecule has 0 spiro atoms. The second-order valence-corrected chi connectivity index (χ2v) is 6.70. The van der Waals surface area contributed by atoms with Gasteiger partial charge in [-0.2, -0.15) is 4.31 Å². The van der Waals surface area contributed by atoms with Crippen molar-refractivity contribution in [2.75, 3.05) is 27.2 Å². The lowest BCUT2D eigenvalue weighted by Crippen LogP contribution is -2.43. The van der Waals surface area contributed by atoms with E-state index >= 15 is 0 Å². The lowest BCUT2D eigenvalue weighted by Gasteiger charge is -2.31. The predicted octanol–water partition coefficient (Wildman–Crippen LogP) is 1.21. The molecular weight excluding hydrogens is 283 g/mol. The SMILES string of the molecule is CNC1CCN(S(=O)(=O)c2ccc(F)c(OC)c2)CC1. The first-order valence-electron chi connectivity index (χ1n) is 6.50. The van der Waals surface area contributed by atoms with Crippen molar-refractivity contribution < 1.29 is 17.5 Å². The van der Waals surface area contributed by atoms with Crippen molar-refractivity contribution in [3.8, 4) is 5.75 Å². The summed E-state index contributed by atoms with van der Waals surface area (Å²) in [6.45, 7) is 0.932. The van der Waals surface area contributed by atoms with Crippen molar-refractivity contribution in [1.29, 1.82) is 0 Å². The third kappa shape index (κ3) is 2.94. The molecule has 0 aromatic heterocycles. The Hall–Kier alpha value is -1.18. The van der Waals surface area contributed by atoms with Crippen LogP contribution in [0.5, 0.6) is 5.75 Å². The maximum Gasteiger partial charge on any atom is 0.243 e. The fraction of sp³-hybridized carbons (Fsp3) is 0.538. The summed E-state index contributed by atoms with van der Waals surface area (Å²) in [5.41, 5.74) is 0. The Morgan fingerprint density at radius 2 is 2.00 bits per heavy atom. The lowest BCUT2D eigenvalue weighted by molar-refractivity contribution is 0.298. The highest BCUT2D eigenvalue weighted by atomic mass is 32.2. The van der Waals surface area contributed by atoms with E-state index in [1.54, 1.807) is 0 Å². The van der Waals surface area contributed by atoms with Crippen LogP contribution in [-0.2, 0) is 10.0 Å². The zero-order valence-corrected chi connectivity index (χ0v) is 12.4. The van der Waals surface area contributed by atoms with Crippen molar-refractivity contribution >= 4 is 10.0 Å². The second kappa shape index (κ2) is 6.07. The molecule has 0 radical (unpaired) electrons. The Kier molecular flexibility index (Phi) is 4.62. The third-order valence-electron chi connectivity index (χ3n) is 3.62. The quantitative estimate of drug-likeness (QED) is 0.908. The number of sulfonamides is 1. The highest BCUT2D eigenvalue weighted by molar-refractivity contribution is 7.89. The largest absolute Gasteiger partial charge is 0.494 e. The molecule has 1 N–H and O–H groups in total. The van der Waals surface area contributed by atoms with Gasteiger partial charge in [-0.15, -0.1) is 0 Å². The number of halogens is 1.